The molecule has 0 bridgehead atoms. The van der Waals surface area contributed by atoms with E-state index in [4.69, 9.17) is 11.6 Å². The molecule has 1 unspecified atom stereocenters. The number of nitrogens with zero attached hydrogens (tertiary/aromatic N) is 3. The molecule has 0 radical (unpaired) electrons. The number of pyridine rings is 1. The maximum Gasteiger partial charge on any atom is 0.102 e. The van der Waals surface area contributed by atoms with E-state index in [1.54, 1.807) is 37.1 Å². The minimum absolute atomic E-state index is 0.403. The molecule has 0 fully saturated rings. The fraction of sp³-hybridized carbons (Fsp3) is 0.182. The Morgan fingerprint density at radius 1 is 1.19 bits per heavy atom. The van der Waals surface area contributed by atoms with Gasteiger partial charge in [-0.3, -0.25) is 15.0 Å². The highest BCUT2D eigenvalue weighted by Crippen LogP contribution is 2.20. The van der Waals surface area contributed by atoms with E-state index < -0.39 is 6.10 Å². The van der Waals surface area contributed by atoms with Gasteiger partial charge in [-0.05, 0) is 11.6 Å². The fourth-order valence-corrected chi connectivity index (χ4v) is 1.56. The van der Waals surface area contributed by atoms with Crippen molar-refractivity contribution in [2.45, 2.75) is 12.5 Å². The Hall–Kier alpha value is -1.52. The van der Waals surface area contributed by atoms with Crippen LogP contribution in [0.15, 0.2) is 37.1 Å². The number of hydrogen-bond donors (Lipinski definition) is 1. The number of aliphatic hydroxyl groups is 1. The number of aromatic nitrogens is 3. The van der Waals surface area contributed by atoms with E-state index in [1.165, 1.54) is 0 Å². The molecule has 82 valence electrons. The third kappa shape index (κ3) is 2.53. The summed E-state index contributed by atoms with van der Waals surface area (Å²) in [6.07, 6.45) is 7.56. The Morgan fingerprint density at radius 2 is 2.00 bits per heavy atom. The smallest absolute Gasteiger partial charge is 0.102 e. The molecule has 0 aliphatic heterocycles. The van der Waals surface area contributed by atoms with Crippen molar-refractivity contribution in [1.29, 1.82) is 0 Å². The minimum Gasteiger partial charge on any atom is -0.386 e. The van der Waals surface area contributed by atoms with Crippen LogP contribution < -0.4 is 0 Å². The van der Waals surface area contributed by atoms with Gasteiger partial charge in [0.15, 0.2) is 0 Å². The predicted octanol–water partition coefficient (Wildman–Crippen LogP) is 1.80. The Balaban J connectivity index is 2.14. The highest BCUT2D eigenvalue weighted by atomic mass is 35.5. The zero-order valence-electron chi connectivity index (χ0n) is 8.42. The van der Waals surface area contributed by atoms with Gasteiger partial charge in [0.2, 0.25) is 0 Å². The number of halogens is 1. The molecule has 2 heterocycles. The Bertz CT molecular complexity index is 464. The average Bonchev–Trinajstić information content (AvgIpc) is 2.33. The van der Waals surface area contributed by atoms with Crippen LogP contribution in [-0.4, -0.2) is 20.1 Å². The molecule has 0 amide bonds. The second kappa shape index (κ2) is 5.01. The molecule has 2 rings (SSSR count). The van der Waals surface area contributed by atoms with Gasteiger partial charge < -0.3 is 5.11 Å². The Morgan fingerprint density at radius 3 is 2.69 bits per heavy atom. The molecule has 1 atom stereocenters. The van der Waals surface area contributed by atoms with E-state index >= 15 is 0 Å². The molecule has 0 aliphatic carbocycles. The quantitative estimate of drug-likeness (QED) is 0.882. The first kappa shape index (κ1) is 11.0. The van der Waals surface area contributed by atoms with Gasteiger partial charge in [0.05, 0.1) is 16.9 Å². The number of aliphatic hydroxyl groups excluding tert-OH is 1. The Kier molecular flexibility index (Phi) is 3.44. The van der Waals surface area contributed by atoms with Crippen molar-refractivity contribution in [2.24, 2.45) is 0 Å². The second-order valence-corrected chi connectivity index (χ2v) is 3.72. The maximum absolute atomic E-state index is 9.92. The summed E-state index contributed by atoms with van der Waals surface area (Å²) in [5.41, 5.74) is 1.38. The summed E-state index contributed by atoms with van der Waals surface area (Å²) in [6.45, 7) is 0. The van der Waals surface area contributed by atoms with Crippen LogP contribution in [0.1, 0.15) is 17.4 Å². The summed E-state index contributed by atoms with van der Waals surface area (Å²) >= 11 is 5.95. The highest BCUT2D eigenvalue weighted by molar-refractivity contribution is 6.31. The van der Waals surface area contributed by atoms with Crippen molar-refractivity contribution in [2.75, 3.05) is 0 Å². The molecule has 0 spiro atoms. The van der Waals surface area contributed by atoms with Crippen molar-refractivity contribution >= 4 is 11.6 Å². The monoisotopic (exact) mass is 235 g/mol. The first-order valence-corrected chi connectivity index (χ1v) is 5.17. The summed E-state index contributed by atoms with van der Waals surface area (Å²) in [5.74, 6) is 0. The lowest BCUT2D eigenvalue weighted by Crippen LogP contribution is -2.04. The molecule has 2 aromatic rings. The van der Waals surface area contributed by atoms with Gasteiger partial charge >= 0.3 is 0 Å². The van der Waals surface area contributed by atoms with E-state index in [1.807, 2.05) is 0 Å². The van der Waals surface area contributed by atoms with Gasteiger partial charge in [-0.25, -0.2) is 0 Å². The van der Waals surface area contributed by atoms with Crippen molar-refractivity contribution in [3.8, 4) is 0 Å². The maximum atomic E-state index is 9.92. The largest absolute Gasteiger partial charge is 0.386 e. The van der Waals surface area contributed by atoms with Gasteiger partial charge in [-0.1, -0.05) is 11.6 Å². The van der Waals surface area contributed by atoms with Crippen LogP contribution in [0.4, 0.5) is 0 Å². The molecule has 0 saturated heterocycles. The lowest BCUT2D eigenvalue weighted by molar-refractivity contribution is 0.173. The van der Waals surface area contributed by atoms with Gasteiger partial charge in [-0.15, -0.1) is 0 Å². The summed E-state index contributed by atoms with van der Waals surface area (Å²) < 4.78 is 0. The van der Waals surface area contributed by atoms with Crippen molar-refractivity contribution in [3.05, 3.63) is 53.3 Å². The van der Waals surface area contributed by atoms with Crippen LogP contribution in [0.5, 0.6) is 0 Å². The van der Waals surface area contributed by atoms with Crippen molar-refractivity contribution in [3.63, 3.8) is 0 Å². The molecule has 0 aliphatic rings. The summed E-state index contributed by atoms with van der Waals surface area (Å²) in [4.78, 5) is 11.8. The Labute approximate surface area is 98.0 Å². The van der Waals surface area contributed by atoms with Crippen LogP contribution in [0.25, 0.3) is 0 Å². The third-order valence-electron chi connectivity index (χ3n) is 2.19. The second-order valence-electron chi connectivity index (χ2n) is 3.32. The average molecular weight is 236 g/mol. The molecule has 0 saturated carbocycles. The standard InChI is InChI=1S/C11H10ClN3O/c12-9-6-13-2-1-8(9)5-11(16)10-7-14-3-4-15-10/h1-4,6-7,11,16H,5H2. The highest BCUT2D eigenvalue weighted by Gasteiger charge is 2.11. The summed E-state index contributed by atoms with van der Waals surface area (Å²) in [6, 6.07) is 1.78. The molecule has 1 N–H and O–H groups in total. The first-order chi connectivity index (χ1) is 7.77. The number of rotatable bonds is 3. The van der Waals surface area contributed by atoms with Gasteiger partial charge in [0, 0.05) is 31.2 Å². The van der Waals surface area contributed by atoms with Crippen molar-refractivity contribution < 1.29 is 5.11 Å². The summed E-state index contributed by atoms with van der Waals surface area (Å²) in [7, 11) is 0. The first-order valence-electron chi connectivity index (χ1n) is 4.79. The van der Waals surface area contributed by atoms with Gasteiger partial charge in [0.25, 0.3) is 0 Å². The predicted molar refractivity (Wildman–Crippen MR) is 59.9 cm³/mol. The van der Waals surface area contributed by atoms with Crippen LogP contribution >= 0.6 is 11.6 Å². The van der Waals surface area contributed by atoms with Crippen molar-refractivity contribution in [1.82, 2.24) is 15.0 Å². The lowest BCUT2D eigenvalue weighted by Gasteiger charge is -2.10. The zero-order chi connectivity index (χ0) is 11.4. The van der Waals surface area contributed by atoms with Crippen LogP contribution in [0.3, 0.4) is 0 Å². The van der Waals surface area contributed by atoms with E-state index in [2.05, 4.69) is 15.0 Å². The van der Waals surface area contributed by atoms with Crippen LogP contribution in [0.2, 0.25) is 5.02 Å². The molecule has 5 heteroatoms. The molecular formula is C11H10ClN3O. The van der Waals surface area contributed by atoms with E-state index in [9.17, 15) is 5.11 Å². The normalized spacial score (nSPS) is 12.4. The van der Waals surface area contributed by atoms with E-state index in [-0.39, 0.29) is 0 Å². The van der Waals surface area contributed by atoms with E-state index in [0.717, 1.165) is 5.56 Å². The van der Waals surface area contributed by atoms with Gasteiger partial charge in [0.1, 0.15) is 6.10 Å². The van der Waals surface area contributed by atoms with E-state index in [0.29, 0.717) is 17.1 Å². The molecular weight excluding hydrogens is 226 g/mol. The number of hydrogen-bond acceptors (Lipinski definition) is 4. The molecule has 16 heavy (non-hydrogen) atoms. The SMILES string of the molecule is OC(Cc1ccncc1Cl)c1cnccn1. The van der Waals surface area contributed by atoms with Gasteiger partial charge in [-0.2, -0.15) is 0 Å². The zero-order valence-corrected chi connectivity index (χ0v) is 9.17. The molecule has 2 aromatic heterocycles. The topological polar surface area (TPSA) is 58.9 Å². The summed E-state index contributed by atoms with van der Waals surface area (Å²) in [5, 5.41) is 10.5. The third-order valence-corrected chi connectivity index (χ3v) is 2.53. The molecule has 0 aromatic carbocycles. The molecule has 4 nitrogen and oxygen atoms in total. The van der Waals surface area contributed by atoms with Crippen LogP contribution in [-0.2, 0) is 6.42 Å². The fourth-order valence-electron chi connectivity index (χ4n) is 1.37. The minimum atomic E-state index is -0.700. The lowest BCUT2D eigenvalue weighted by atomic mass is 10.1. The van der Waals surface area contributed by atoms with Crippen LogP contribution in [0, 0.1) is 0 Å².